The fourth-order valence-corrected chi connectivity index (χ4v) is 5.48. The van der Waals surface area contributed by atoms with E-state index in [9.17, 15) is 13.2 Å². The Bertz CT molecular complexity index is 1530. The van der Waals surface area contributed by atoms with Crippen molar-refractivity contribution in [1.82, 2.24) is 0 Å². The van der Waals surface area contributed by atoms with Crippen molar-refractivity contribution in [2.24, 2.45) is 5.92 Å². The van der Waals surface area contributed by atoms with Crippen molar-refractivity contribution in [2.75, 3.05) is 10.8 Å². The number of furan rings is 1. The van der Waals surface area contributed by atoms with Crippen molar-refractivity contribution < 1.29 is 27.5 Å². The number of rotatable bonds is 10. The highest BCUT2D eigenvalue weighted by Crippen LogP contribution is 2.37. The lowest BCUT2D eigenvalue weighted by molar-refractivity contribution is -0.131. The third-order valence-corrected chi connectivity index (χ3v) is 7.33. The second kappa shape index (κ2) is 10.9. The highest BCUT2D eigenvalue weighted by molar-refractivity contribution is 7.92. The molecular weight excluding hydrogens is 490 g/mol. The van der Waals surface area contributed by atoms with Crippen molar-refractivity contribution >= 4 is 38.5 Å². The molecule has 0 spiro atoms. The Labute approximate surface area is 216 Å². The smallest absolute Gasteiger partial charge is 0.328 e. The van der Waals surface area contributed by atoms with Gasteiger partial charge in [0, 0.05) is 12.6 Å². The van der Waals surface area contributed by atoms with E-state index < -0.39 is 16.0 Å². The normalized spacial score (nSPS) is 11.9. The van der Waals surface area contributed by atoms with Crippen molar-refractivity contribution in [3.63, 3.8) is 0 Å². The van der Waals surface area contributed by atoms with E-state index in [2.05, 4.69) is 0 Å². The number of sulfonamides is 1. The Morgan fingerprint density at radius 2 is 1.70 bits per heavy atom. The summed E-state index contributed by atoms with van der Waals surface area (Å²) >= 11 is 0. The zero-order chi connectivity index (χ0) is 26.6. The summed E-state index contributed by atoms with van der Waals surface area (Å²) in [6, 6.07) is 21.8. The Morgan fingerprint density at radius 3 is 2.30 bits per heavy atom. The van der Waals surface area contributed by atoms with E-state index in [4.69, 9.17) is 14.3 Å². The van der Waals surface area contributed by atoms with Gasteiger partial charge in [-0.3, -0.25) is 4.31 Å². The summed E-state index contributed by atoms with van der Waals surface area (Å²) in [4.78, 5) is 10.7. The minimum absolute atomic E-state index is 0.0385. The molecule has 4 rings (SSSR count). The molecule has 1 N–H and O–H groups in total. The number of nitrogens with zero attached hydrogens (tertiary/aromatic N) is 1. The van der Waals surface area contributed by atoms with Crippen LogP contribution in [0.3, 0.4) is 0 Å². The van der Waals surface area contributed by atoms with Crippen molar-refractivity contribution in [3.05, 3.63) is 95.8 Å². The number of fused-ring (bicyclic) bond motifs is 1. The Balaban J connectivity index is 1.73. The van der Waals surface area contributed by atoms with Crippen LogP contribution in [0.15, 0.2) is 88.4 Å². The lowest BCUT2D eigenvalue weighted by Crippen LogP contribution is -2.34. The van der Waals surface area contributed by atoms with Crippen LogP contribution in [-0.2, 0) is 21.4 Å². The predicted octanol–water partition coefficient (Wildman–Crippen LogP) is 6.27. The van der Waals surface area contributed by atoms with Gasteiger partial charge < -0.3 is 14.3 Å². The molecule has 0 radical (unpaired) electrons. The first-order valence-corrected chi connectivity index (χ1v) is 13.3. The number of carboxylic acids is 1. The minimum atomic E-state index is -3.99. The second-order valence-corrected chi connectivity index (χ2v) is 11.0. The number of aryl methyl sites for hydroxylation is 1. The number of ether oxygens (including phenoxy) is 1. The van der Waals surface area contributed by atoms with Crippen LogP contribution in [0.5, 0.6) is 5.75 Å². The molecule has 8 heteroatoms. The number of hydrogen-bond donors (Lipinski definition) is 1. The topological polar surface area (TPSA) is 97.0 Å². The van der Waals surface area contributed by atoms with Gasteiger partial charge in [-0.05, 0) is 65.1 Å². The summed E-state index contributed by atoms with van der Waals surface area (Å²) in [6.45, 7) is 6.06. The molecule has 7 nitrogen and oxygen atoms in total. The molecule has 0 saturated carbocycles. The van der Waals surface area contributed by atoms with Gasteiger partial charge in [-0.1, -0.05) is 62.4 Å². The molecular formula is C29H29NO6S. The van der Waals surface area contributed by atoms with Crippen LogP contribution in [0.2, 0.25) is 0 Å². The highest BCUT2D eigenvalue weighted by atomic mass is 32.2. The monoisotopic (exact) mass is 519 g/mol. The number of hydrogen-bond acceptors (Lipinski definition) is 5. The van der Waals surface area contributed by atoms with Crippen LogP contribution in [0.1, 0.15) is 30.7 Å². The molecule has 0 aliphatic carbocycles. The molecule has 0 saturated heterocycles. The van der Waals surface area contributed by atoms with Gasteiger partial charge in [0.15, 0.2) is 0 Å². The van der Waals surface area contributed by atoms with Crippen LogP contribution in [0, 0.1) is 12.8 Å². The van der Waals surface area contributed by atoms with E-state index >= 15 is 0 Å². The highest BCUT2D eigenvalue weighted by Gasteiger charge is 2.31. The zero-order valence-electron chi connectivity index (χ0n) is 20.9. The Hall–Kier alpha value is -4.04. The maximum Gasteiger partial charge on any atom is 0.328 e. The number of carboxylic acid groups (broad SMARTS) is 1. The first kappa shape index (κ1) is 26.0. The van der Waals surface area contributed by atoms with E-state index in [0.717, 1.165) is 28.0 Å². The maximum atomic E-state index is 13.7. The zero-order valence-corrected chi connectivity index (χ0v) is 21.7. The maximum absolute atomic E-state index is 13.7. The third kappa shape index (κ3) is 6.21. The molecule has 0 fully saturated rings. The molecule has 3 aromatic carbocycles. The lowest BCUT2D eigenvalue weighted by atomic mass is 10.1. The van der Waals surface area contributed by atoms with Crippen molar-refractivity contribution in [1.29, 1.82) is 0 Å². The second-order valence-electron chi connectivity index (χ2n) is 9.16. The minimum Gasteiger partial charge on any atom is -0.487 e. The molecule has 192 valence electrons. The van der Waals surface area contributed by atoms with Crippen LogP contribution in [0.25, 0.3) is 16.8 Å². The molecule has 0 unspecified atom stereocenters. The van der Waals surface area contributed by atoms with E-state index in [1.165, 1.54) is 16.4 Å². The molecule has 0 amide bonds. The number of aliphatic carboxylic acids is 1. The number of anilines is 1. The molecule has 0 aliphatic rings. The summed E-state index contributed by atoms with van der Waals surface area (Å²) in [5.41, 5.74) is 2.04. The summed E-state index contributed by atoms with van der Waals surface area (Å²) in [5.74, 6) is -0.0285. The molecule has 0 aliphatic heterocycles. The number of benzene rings is 3. The van der Waals surface area contributed by atoms with Crippen molar-refractivity contribution in [3.8, 4) is 5.75 Å². The van der Waals surface area contributed by atoms with E-state index in [0.29, 0.717) is 17.2 Å². The van der Waals surface area contributed by atoms with E-state index in [1.807, 2.05) is 62.4 Å². The van der Waals surface area contributed by atoms with Gasteiger partial charge in [0.25, 0.3) is 10.0 Å². The summed E-state index contributed by atoms with van der Waals surface area (Å²) in [6.07, 6.45) is 2.59. The summed E-state index contributed by atoms with van der Waals surface area (Å²) in [7, 11) is -3.99. The Kier molecular flexibility index (Phi) is 7.69. The van der Waals surface area contributed by atoms with E-state index in [1.54, 1.807) is 25.1 Å². The van der Waals surface area contributed by atoms with Crippen LogP contribution in [-0.4, -0.2) is 26.0 Å². The van der Waals surface area contributed by atoms with Gasteiger partial charge in [-0.2, -0.15) is 8.42 Å². The van der Waals surface area contributed by atoms with Crippen LogP contribution >= 0.6 is 0 Å². The van der Waals surface area contributed by atoms with Crippen molar-refractivity contribution in [2.45, 2.75) is 32.5 Å². The first-order valence-electron chi connectivity index (χ1n) is 11.9. The molecule has 0 bridgehead atoms. The van der Waals surface area contributed by atoms with Gasteiger partial charge in [0.1, 0.15) is 18.1 Å². The van der Waals surface area contributed by atoms with Gasteiger partial charge in [-0.25, -0.2) is 4.79 Å². The number of carbonyl (C=O) groups is 1. The standard InChI is InChI=1S/C29H29NO6S/c1-20(2)18-30(37(33,34)29-15-8-21(3)36-29)26-16-24-6-4-5-7-25(24)17-27(26)35-19-23-11-9-22(10-12-23)13-14-28(31)32/h4-17,20H,18-19H2,1-3H3,(H,31,32). The molecule has 1 heterocycles. The fourth-order valence-electron chi connectivity index (χ4n) is 3.89. The Morgan fingerprint density at radius 1 is 1.03 bits per heavy atom. The summed E-state index contributed by atoms with van der Waals surface area (Å²) in [5, 5.41) is 10.5. The fraction of sp³-hybridized carbons (Fsp3) is 0.207. The van der Waals surface area contributed by atoms with E-state index in [-0.39, 0.29) is 24.2 Å². The quantitative estimate of drug-likeness (QED) is 0.248. The first-order chi connectivity index (χ1) is 17.6. The van der Waals surface area contributed by atoms with Gasteiger partial charge in [0.05, 0.1) is 5.69 Å². The predicted molar refractivity (Wildman–Crippen MR) is 144 cm³/mol. The SMILES string of the molecule is Cc1ccc(S(=O)(=O)N(CC(C)C)c2cc3ccccc3cc2OCc2ccc(C=CC(=O)O)cc2)o1. The molecule has 1 aromatic heterocycles. The molecule has 0 atom stereocenters. The third-order valence-electron chi connectivity index (χ3n) is 5.68. The van der Waals surface area contributed by atoms with Gasteiger partial charge in [-0.15, -0.1) is 0 Å². The van der Waals surface area contributed by atoms with Crippen LogP contribution in [0.4, 0.5) is 5.69 Å². The van der Waals surface area contributed by atoms with Gasteiger partial charge in [0.2, 0.25) is 5.09 Å². The summed E-state index contributed by atoms with van der Waals surface area (Å²) < 4.78 is 40.5. The lowest BCUT2D eigenvalue weighted by Gasteiger charge is -2.27. The average Bonchev–Trinajstić information content (AvgIpc) is 3.32. The van der Waals surface area contributed by atoms with Gasteiger partial charge >= 0.3 is 5.97 Å². The molecule has 4 aromatic rings. The largest absolute Gasteiger partial charge is 0.487 e. The molecule has 37 heavy (non-hydrogen) atoms. The van der Waals surface area contributed by atoms with Crippen LogP contribution < -0.4 is 9.04 Å². The average molecular weight is 520 g/mol.